The molecule has 0 heterocycles. The van der Waals surface area contributed by atoms with E-state index in [1.54, 1.807) is 6.08 Å². The molecule has 0 aromatic carbocycles. The van der Waals surface area contributed by atoms with Gasteiger partial charge in [0, 0.05) is 12.8 Å². The Bertz CT molecular complexity index is 1460. The van der Waals surface area contributed by atoms with E-state index in [4.69, 9.17) is 14.2 Å². The average Bonchev–Trinajstić information content (AvgIpc) is 3.31. The molecule has 0 fully saturated rings. The molecule has 0 N–H and O–H groups in total. The highest BCUT2D eigenvalue weighted by molar-refractivity contribution is 5.72. The summed E-state index contributed by atoms with van der Waals surface area (Å²) in [5.41, 5.74) is 0. The standard InChI is InChI=1S/C60H94O6/c1-4-7-10-13-16-19-22-24-26-27-28-29-30-31-32-33-35-36-38-41-44-47-50-53-59(62)65-56-57(55-64-58(61)52-49-46-43-40-21-18-15-12-9-6-3)66-60(63)54-51-48-45-42-39-37-34-25-23-20-17-14-11-8-5-2/h7-8,10-12,15-17,19-20,24-26,28-29,31-32,34,39,42,48,51,57H,4-6,9,13-14,18,21-23,27,30,33,35-38,40-41,43-47,49-50,52-56H2,1-3H3/b10-7-,11-8-,15-12-,19-16-,20-17-,26-24-,29-28-,32-31-,34-25-,42-39-,51-48-. The molecule has 0 aromatic rings. The van der Waals surface area contributed by atoms with Crippen molar-refractivity contribution in [2.24, 2.45) is 0 Å². The number of hydrogen-bond acceptors (Lipinski definition) is 6. The van der Waals surface area contributed by atoms with E-state index < -0.39 is 12.1 Å². The highest BCUT2D eigenvalue weighted by Gasteiger charge is 2.19. The van der Waals surface area contributed by atoms with Crippen LogP contribution in [0.2, 0.25) is 0 Å². The molecule has 66 heavy (non-hydrogen) atoms. The number of rotatable bonds is 45. The first-order valence-electron chi connectivity index (χ1n) is 26.2. The summed E-state index contributed by atoms with van der Waals surface area (Å²) in [6, 6.07) is 0. The average molecular weight is 911 g/mol. The van der Waals surface area contributed by atoms with Crippen molar-refractivity contribution < 1.29 is 28.6 Å². The molecule has 6 nitrogen and oxygen atoms in total. The van der Waals surface area contributed by atoms with Crippen molar-refractivity contribution in [3.63, 3.8) is 0 Å². The Morgan fingerprint density at radius 3 is 1.02 bits per heavy atom. The fourth-order valence-electron chi connectivity index (χ4n) is 6.54. The third-order valence-corrected chi connectivity index (χ3v) is 10.4. The van der Waals surface area contributed by atoms with Gasteiger partial charge < -0.3 is 14.2 Å². The van der Waals surface area contributed by atoms with Gasteiger partial charge in [-0.15, -0.1) is 0 Å². The van der Waals surface area contributed by atoms with Crippen LogP contribution in [0.3, 0.4) is 0 Å². The van der Waals surface area contributed by atoms with E-state index in [0.29, 0.717) is 19.3 Å². The van der Waals surface area contributed by atoms with Crippen LogP contribution in [0.25, 0.3) is 0 Å². The topological polar surface area (TPSA) is 78.9 Å². The van der Waals surface area contributed by atoms with E-state index in [1.165, 1.54) is 38.5 Å². The van der Waals surface area contributed by atoms with Gasteiger partial charge in [0.15, 0.2) is 6.10 Å². The summed E-state index contributed by atoms with van der Waals surface area (Å²) >= 11 is 0. The molecular formula is C60H94O6. The highest BCUT2D eigenvalue weighted by Crippen LogP contribution is 2.12. The summed E-state index contributed by atoms with van der Waals surface area (Å²) in [6.07, 6.45) is 74.7. The second kappa shape index (κ2) is 53.2. The molecular weight excluding hydrogens is 817 g/mol. The number of unbranched alkanes of at least 4 members (excludes halogenated alkanes) is 13. The SMILES string of the molecule is CC/C=C\C/C=C\C/C=C\C/C=C\C/C=C\CCCCCCCCCC(=O)OCC(COC(=O)CCCCCCC/C=C\CCC)OC(=O)C/C=C\C/C=C\C/C=C\C/C=C\C/C=C\CC. The maximum absolute atomic E-state index is 12.7. The van der Waals surface area contributed by atoms with Gasteiger partial charge in [-0.2, -0.15) is 0 Å². The Kier molecular flexibility index (Phi) is 49.6. The second-order valence-corrected chi connectivity index (χ2v) is 16.7. The number of ether oxygens (including phenoxy) is 3. The van der Waals surface area contributed by atoms with E-state index in [2.05, 4.69) is 142 Å². The maximum atomic E-state index is 12.7. The Labute approximate surface area is 405 Å². The molecule has 1 atom stereocenters. The van der Waals surface area contributed by atoms with Crippen LogP contribution in [0.4, 0.5) is 0 Å². The summed E-state index contributed by atoms with van der Waals surface area (Å²) in [5, 5.41) is 0. The minimum Gasteiger partial charge on any atom is -0.462 e. The van der Waals surface area contributed by atoms with Crippen molar-refractivity contribution in [1.29, 1.82) is 0 Å². The first-order valence-corrected chi connectivity index (χ1v) is 26.2. The molecule has 1 unspecified atom stereocenters. The number of carbonyl (C=O) groups excluding carboxylic acids is 3. The Hall–Kier alpha value is -4.45. The van der Waals surface area contributed by atoms with Crippen LogP contribution in [0.15, 0.2) is 134 Å². The first-order chi connectivity index (χ1) is 32.5. The lowest BCUT2D eigenvalue weighted by atomic mass is 10.1. The van der Waals surface area contributed by atoms with Gasteiger partial charge in [-0.05, 0) is 109 Å². The molecule has 0 bridgehead atoms. The summed E-state index contributed by atoms with van der Waals surface area (Å²) in [4.78, 5) is 37.9. The molecule has 0 saturated heterocycles. The van der Waals surface area contributed by atoms with Crippen LogP contribution >= 0.6 is 0 Å². The number of carbonyl (C=O) groups is 3. The zero-order chi connectivity index (χ0) is 47.9. The maximum Gasteiger partial charge on any atom is 0.310 e. The van der Waals surface area contributed by atoms with Crippen molar-refractivity contribution in [3.05, 3.63) is 134 Å². The van der Waals surface area contributed by atoms with Gasteiger partial charge in [-0.1, -0.05) is 212 Å². The van der Waals surface area contributed by atoms with E-state index in [0.717, 1.165) is 122 Å². The molecule has 0 radical (unpaired) electrons. The van der Waals surface area contributed by atoms with Gasteiger partial charge in [0.25, 0.3) is 0 Å². The fourth-order valence-corrected chi connectivity index (χ4v) is 6.54. The van der Waals surface area contributed by atoms with Crippen molar-refractivity contribution in [2.75, 3.05) is 13.2 Å². The third-order valence-electron chi connectivity index (χ3n) is 10.4. The monoisotopic (exact) mass is 911 g/mol. The highest BCUT2D eigenvalue weighted by atomic mass is 16.6. The van der Waals surface area contributed by atoms with Gasteiger partial charge in [-0.25, -0.2) is 0 Å². The Morgan fingerprint density at radius 1 is 0.333 bits per heavy atom. The quantitative estimate of drug-likeness (QED) is 0.0262. The molecule has 0 aliphatic heterocycles. The van der Waals surface area contributed by atoms with Crippen LogP contribution in [0.1, 0.15) is 207 Å². The minimum atomic E-state index is -0.844. The summed E-state index contributed by atoms with van der Waals surface area (Å²) in [7, 11) is 0. The van der Waals surface area contributed by atoms with Crippen LogP contribution in [0, 0.1) is 0 Å². The molecule has 0 aliphatic carbocycles. The van der Waals surface area contributed by atoms with Crippen molar-refractivity contribution >= 4 is 17.9 Å². The third kappa shape index (κ3) is 50.5. The van der Waals surface area contributed by atoms with Crippen LogP contribution < -0.4 is 0 Å². The van der Waals surface area contributed by atoms with E-state index in [-0.39, 0.29) is 31.6 Å². The van der Waals surface area contributed by atoms with Crippen molar-refractivity contribution in [2.45, 2.75) is 213 Å². The molecule has 370 valence electrons. The molecule has 0 rings (SSSR count). The van der Waals surface area contributed by atoms with Gasteiger partial charge >= 0.3 is 17.9 Å². The molecule has 6 heteroatoms. The Morgan fingerprint density at radius 2 is 0.636 bits per heavy atom. The molecule has 0 aliphatic rings. The smallest absolute Gasteiger partial charge is 0.310 e. The van der Waals surface area contributed by atoms with E-state index >= 15 is 0 Å². The van der Waals surface area contributed by atoms with Crippen LogP contribution in [-0.4, -0.2) is 37.2 Å². The number of esters is 3. The number of allylic oxidation sites excluding steroid dienone is 21. The zero-order valence-corrected chi connectivity index (χ0v) is 42.1. The van der Waals surface area contributed by atoms with Gasteiger partial charge in [0.05, 0.1) is 6.42 Å². The largest absolute Gasteiger partial charge is 0.462 e. The molecule has 0 spiro atoms. The Balaban J connectivity index is 4.45. The van der Waals surface area contributed by atoms with Crippen molar-refractivity contribution in [3.8, 4) is 0 Å². The number of hydrogen-bond donors (Lipinski definition) is 0. The first kappa shape index (κ1) is 61.5. The van der Waals surface area contributed by atoms with Crippen LogP contribution in [0.5, 0.6) is 0 Å². The van der Waals surface area contributed by atoms with Crippen molar-refractivity contribution in [1.82, 2.24) is 0 Å². The summed E-state index contributed by atoms with van der Waals surface area (Å²) in [6.45, 7) is 6.22. The molecule has 0 amide bonds. The summed E-state index contributed by atoms with van der Waals surface area (Å²) in [5.74, 6) is -1.09. The molecule has 0 aromatic heterocycles. The van der Waals surface area contributed by atoms with Gasteiger partial charge in [0.1, 0.15) is 13.2 Å². The second-order valence-electron chi connectivity index (χ2n) is 16.7. The van der Waals surface area contributed by atoms with E-state index in [9.17, 15) is 14.4 Å². The molecule has 0 saturated carbocycles. The van der Waals surface area contributed by atoms with E-state index in [1.807, 2.05) is 6.08 Å². The predicted octanol–water partition coefficient (Wildman–Crippen LogP) is 17.5. The van der Waals surface area contributed by atoms with Crippen LogP contribution in [-0.2, 0) is 28.6 Å². The van der Waals surface area contributed by atoms with Gasteiger partial charge in [-0.3, -0.25) is 14.4 Å². The lowest BCUT2D eigenvalue weighted by molar-refractivity contribution is -0.166. The lowest BCUT2D eigenvalue weighted by Gasteiger charge is -2.18. The summed E-state index contributed by atoms with van der Waals surface area (Å²) < 4.78 is 16.6. The zero-order valence-electron chi connectivity index (χ0n) is 42.1. The predicted molar refractivity (Wildman–Crippen MR) is 283 cm³/mol. The lowest BCUT2D eigenvalue weighted by Crippen LogP contribution is -2.30. The normalized spacial score (nSPS) is 13.2. The fraction of sp³-hybridized carbons (Fsp3) is 0.583. The van der Waals surface area contributed by atoms with Gasteiger partial charge in [0.2, 0.25) is 0 Å². The minimum absolute atomic E-state index is 0.0870.